The number of hydrogen-bond acceptors (Lipinski definition) is 1. The molecule has 0 aliphatic heterocycles. The molecule has 0 unspecified atom stereocenters. The lowest BCUT2D eigenvalue weighted by molar-refractivity contribution is 0.836. The van der Waals surface area contributed by atoms with Gasteiger partial charge >= 0.3 is 0 Å². The van der Waals surface area contributed by atoms with Gasteiger partial charge in [0.05, 0.1) is 0 Å². The molecule has 0 aliphatic rings. The lowest BCUT2D eigenvalue weighted by Gasteiger charge is -1.98. The Morgan fingerprint density at radius 3 is 2.91 bits per heavy atom. The minimum absolute atomic E-state index is 0.993. The molecule has 0 saturated carbocycles. The molecule has 1 radical (unpaired) electrons. The van der Waals surface area contributed by atoms with E-state index in [9.17, 15) is 0 Å². The highest BCUT2D eigenvalue weighted by molar-refractivity contribution is 9.10. The molecule has 0 saturated heterocycles. The third kappa shape index (κ3) is 3.02. The summed E-state index contributed by atoms with van der Waals surface area (Å²) in [6, 6.07) is 2.10. The zero-order valence-electron chi connectivity index (χ0n) is 6.39. The van der Waals surface area contributed by atoms with Gasteiger partial charge < -0.3 is 0 Å². The normalized spacial score (nSPS) is 10.0. The summed E-state index contributed by atoms with van der Waals surface area (Å²) in [5.74, 6) is 0. The summed E-state index contributed by atoms with van der Waals surface area (Å²) in [6.45, 7) is 3.79. The zero-order chi connectivity index (χ0) is 8.10. The van der Waals surface area contributed by atoms with Crippen LogP contribution in [0, 0.1) is 6.92 Å². The van der Waals surface area contributed by atoms with Crippen LogP contribution in [0.15, 0.2) is 22.9 Å². The molecule has 0 fully saturated rings. The quantitative estimate of drug-likeness (QED) is 0.752. The highest BCUT2D eigenvalue weighted by Gasteiger charge is 1.92. The third-order valence-electron chi connectivity index (χ3n) is 1.48. The van der Waals surface area contributed by atoms with Gasteiger partial charge in [-0.2, -0.15) is 0 Å². The number of aryl methyl sites for hydroxylation is 1. The molecule has 1 heterocycles. The molecule has 1 aromatic heterocycles. The Morgan fingerprint density at radius 1 is 1.45 bits per heavy atom. The van der Waals surface area contributed by atoms with E-state index in [1.807, 2.05) is 6.20 Å². The maximum atomic E-state index is 4.07. The molecule has 0 N–H and O–H groups in total. The molecule has 0 bridgehead atoms. The van der Waals surface area contributed by atoms with Gasteiger partial charge in [-0.05, 0) is 40.4 Å². The topological polar surface area (TPSA) is 12.9 Å². The lowest BCUT2D eigenvalue weighted by atomic mass is 10.1. The van der Waals surface area contributed by atoms with Crippen LogP contribution < -0.4 is 0 Å². The first-order valence-electron chi connectivity index (χ1n) is 3.71. The average molecular weight is 213 g/mol. The molecule has 0 spiro atoms. The van der Waals surface area contributed by atoms with Crippen molar-refractivity contribution >= 4 is 15.9 Å². The summed E-state index contributed by atoms with van der Waals surface area (Å²) < 4.78 is 1.05. The standard InChI is InChI=1S/C9H11BrN/c1-2-3-4-8-5-9(10)7-11-6-8/h5-7H,1-4H2. The van der Waals surface area contributed by atoms with E-state index in [1.54, 1.807) is 6.20 Å². The number of rotatable bonds is 3. The monoisotopic (exact) mass is 212 g/mol. The van der Waals surface area contributed by atoms with E-state index in [0.29, 0.717) is 0 Å². The van der Waals surface area contributed by atoms with E-state index in [0.717, 1.165) is 23.7 Å². The van der Waals surface area contributed by atoms with Crippen LogP contribution in [0.4, 0.5) is 0 Å². The Hall–Kier alpha value is -0.370. The molecule has 1 rings (SSSR count). The van der Waals surface area contributed by atoms with Crippen molar-refractivity contribution in [2.24, 2.45) is 0 Å². The van der Waals surface area contributed by atoms with Gasteiger partial charge in [-0.15, -0.1) is 0 Å². The SMILES string of the molecule is [CH2]CCCc1cncc(Br)c1. The molecule has 0 aliphatic carbocycles. The van der Waals surface area contributed by atoms with Crippen LogP contribution >= 0.6 is 15.9 Å². The number of pyridine rings is 1. The molecule has 59 valence electrons. The van der Waals surface area contributed by atoms with Crippen molar-refractivity contribution in [2.75, 3.05) is 0 Å². The van der Waals surface area contributed by atoms with Crippen LogP contribution in [-0.4, -0.2) is 4.98 Å². The Kier molecular flexibility index (Phi) is 3.57. The van der Waals surface area contributed by atoms with Crippen molar-refractivity contribution in [2.45, 2.75) is 19.3 Å². The summed E-state index contributed by atoms with van der Waals surface area (Å²) in [5.41, 5.74) is 1.28. The third-order valence-corrected chi connectivity index (χ3v) is 1.91. The highest BCUT2D eigenvalue weighted by Crippen LogP contribution is 2.11. The van der Waals surface area contributed by atoms with Crippen molar-refractivity contribution < 1.29 is 0 Å². The van der Waals surface area contributed by atoms with Gasteiger partial charge in [0.15, 0.2) is 0 Å². The predicted molar refractivity (Wildman–Crippen MR) is 50.2 cm³/mol. The summed E-state index contributed by atoms with van der Waals surface area (Å²) >= 11 is 3.38. The first-order chi connectivity index (χ1) is 5.33. The van der Waals surface area contributed by atoms with Gasteiger partial charge in [0.2, 0.25) is 0 Å². The van der Waals surface area contributed by atoms with E-state index >= 15 is 0 Å². The van der Waals surface area contributed by atoms with Crippen LogP contribution in [0.3, 0.4) is 0 Å². The van der Waals surface area contributed by atoms with Crippen LogP contribution in [0.2, 0.25) is 0 Å². The minimum Gasteiger partial charge on any atom is -0.263 e. The number of unbranched alkanes of at least 4 members (excludes halogenated alkanes) is 1. The van der Waals surface area contributed by atoms with Crippen molar-refractivity contribution in [3.8, 4) is 0 Å². The summed E-state index contributed by atoms with van der Waals surface area (Å²) in [7, 11) is 0. The van der Waals surface area contributed by atoms with E-state index in [-0.39, 0.29) is 0 Å². The van der Waals surface area contributed by atoms with Crippen LogP contribution in [-0.2, 0) is 6.42 Å². The van der Waals surface area contributed by atoms with Crippen molar-refractivity contribution in [1.82, 2.24) is 4.98 Å². The first-order valence-corrected chi connectivity index (χ1v) is 4.51. The predicted octanol–water partition coefficient (Wildman–Crippen LogP) is 3.00. The maximum Gasteiger partial charge on any atom is 0.0410 e. The van der Waals surface area contributed by atoms with E-state index in [1.165, 1.54) is 5.56 Å². The zero-order valence-corrected chi connectivity index (χ0v) is 7.97. The van der Waals surface area contributed by atoms with Crippen LogP contribution in [0.25, 0.3) is 0 Å². The molecule has 2 heteroatoms. The molecule has 11 heavy (non-hydrogen) atoms. The van der Waals surface area contributed by atoms with Gasteiger partial charge in [0, 0.05) is 16.9 Å². The largest absolute Gasteiger partial charge is 0.263 e. The number of nitrogens with zero attached hydrogens (tertiary/aromatic N) is 1. The second-order valence-corrected chi connectivity index (χ2v) is 3.38. The molecule has 1 aromatic rings. The second-order valence-electron chi connectivity index (χ2n) is 2.47. The maximum absolute atomic E-state index is 4.07. The lowest BCUT2D eigenvalue weighted by Crippen LogP contribution is -1.85. The Labute approximate surface area is 76.0 Å². The summed E-state index contributed by atoms with van der Waals surface area (Å²) in [4.78, 5) is 4.07. The molecular formula is C9H11BrN. The molecule has 0 aromatic carbocycles. The van der Waals surface area contributed by atoms with Gasteiger partial charge in [-0.1, -0.05) is 13.3 Å². The van der Waals surface area contributed by atoms with Crippen LogP contribution in [0.5, 0.6) is 0 Å². The first kappa shape index (κ1) is 8.72. The Bertz CT molecular complexity index is 223. The van der Waals surface area contributed by atoms with Crippen molar-refractivity contribution in [3.05, 3.63) is 35.4 Å². The van der Waals surface area contributed by atoms with E-state index in [4.69, 9.17) is 0 Å². The minimum atomic E-state index is 0.993. The summed E-state index contributed by atoms with van der Waals surface area (Å²) in [6.07, 6.45) is 6.91. The molecule has 1 nitrogen and oxygen atoms in total. The Balaban J connectivity index is 2.56. The molecule has 0 amide bonds. The van der Waals surface area contributed by atoms with Crippen molar-refractivity contribution in [3.63, 3.8) is 0 Å². The van der Waals surface area contributed by atoms with Crippen molar-refractivity contribution in [1.29, 1.82) is 0 Å². The van der Waals surface area contributed by atoms with Gasteiger partial charge in [-0.25, -0.2) is 0 Å². The number of hydrogen-bond donors (Lipinski definition) is 0. The van der Waals surface area contributed by atoms with Gasteiger partial charge in [0.25, 0.3) is 0 Å². The molecular weight excluding hydrogens is 202 g/mol. The van der Waals surface area contributed by atoms with Crippen LogP contribution in [0.1, 0.15) is 18.4 Å². The molecule has 0 atom stereocenters. The smallest absolute Gasteiger partial charge is 0.0410 e. The van der Waals surface area contributed by atoms with Gasteiger partial charge in [0.1, 0.15) is 0 Å². The van der Waals surface area contributed by atoms with E-state index < -0.39 is 0 Å². The fourth-order valence-electron chi connectivity index (χ4n) is 0.922. The second kappa shape index (κ2) is 4.50. The number of aromatic nitrogens is 1. The Morgan fingerprint density at radius 2 is 2.27 bits per heavy atom. The number of halogens is 1. The van der Waals surface area contributed by atoms with Gasteiger partial charge in [-0.3, -0.25) is 4.98 Å². The fourth-order valence-corrected chi connectivity index (χ4v) is 1.33. The van der Waals surface area contributed by atoms with E-state index in [2.05, 4.69) is 33.9 Å². The fraction of sp³-hybridized carbons (Fsp3) is 0.333. The highest BCUT2D eigenvalue weighted by atomic mass is 79.9. The average Bonchev–Trinajstić information content (AvgIpc) is 2.01. The summed E-state index contributed by atoms with van der Waals surface area (Å²) in [5, 5.41) is 0.